The van der Waals surface area contributed by atoms with Gasteiger partial charge >= 0.3 is 0 Å². The molecule has 0 aliphatic rings. The highest BCUT2D eigenvalue weighted by atomic mass is 35.5. The first-order valence-corrected chi connectivity index (χ1v) is 7.33. The molecule has 6 nitrogen and oxygen atoms in total. The Labute approximate surface area is 138 Å². The molecule has 120 valence electrons. The summed E-state index contributed by atoms with van der Waals surface area (Å²) in [4.78, 5) is 4.11. The number of hydrogen-bond acceptors (Lipinski definition) is 5. The molecule has 0 saturated heterocycles. The molecule has 3 rings (SSSR count). The number of hydrogen-bond donors (Lipinski definition) is 0. The molecule has 2 heterocycles. The number of ether oxygens (including phenoxy) is 3. The van der Waals surface area contributed by atoms with Gasteiger partial charge in [0.1, 0.15) is 22.3 Å². The van der Waals surface area contributed by atoms with E-state index in [2.05, 4.69) is 10.1 Å². The summed E-state index contributed by atoms with van der Waals surface area (Å²) in [6.07, 6.45) is 1.72. The molecule has 0 aliphatic heterocycles. The van der Waals surface area contributed by atoms with Crippen LogP contribution in [0.3, 0.4) is 0 Å². The summed E-state index contributed by atoms with van der Waals surface area (Å²) in [5.74, 6) is 1.29. The lowest BCUT2D eigenvalue weighted by Crippen LogP contribution is -2.03. The standard InChI is InChI=1S/C16H16ClN3O3/c1-10-12-8-18-16(17)7-14(12)20(19-10)13-5-4-11(23-9-21-2)6-15(13)22-3/h4-8H,9H2,1-3H3. The van der Waals surface area contributed by atoms with Crippen LogP contribution in [0.1, 0.15) is 5.69 Å². The number of rotatable bonds is 5. The van der Waals surface area contributed by atoms with Crippen LogP contribution in [-0.4, -0.2) is 35.8 Å². The first kappa shape index (κ1) is 15.6. The Hall–Kier alpha value is -2.31. The fraction of sp³-hybridized carbons (Fsp3) is 0.250. The lowest BCUT2D eigenvalue weighted by molar-refractivity contribution is 0.0510. The maximum atomic E-state index is 6.03. The molecular weight excluding hydrogens is 318 g/mol. The van der Waals surface area contributed by atoms with Gasteiger partial charge < -0.3 is 14.2 Å². The van der Waals surface area contributed by atoms with Crippen molar-refractivity contribution >= 4 is 22.5 Å². The molecule has 1 aromatic carbocycles. The predicted molar refractivity (Wildman–Crippen MR) is 87.7 cm³/mol. The summed E-state index contributed by atoms with van der Waals surface area (Å²) < 4.78 is 17.6. The van der Waals surface area contributed by atoms with Crippen LogP contribution in [0.25, 0.3) is 16.6 Å². The quantitative estimate of drug-likeness (QED) is 0.529. The van der Waals surface area contributed by atoms with Crippen LogP contribution < -0.4 is 9.47 Å². The van der Waals surface area contributed by atoms with Gasteiger partial charge in [-0.15, -0.1) is 0 Å². The molecule has 0 atom stereocenters. The second-order valence-electron chi connectivity index (χ2n) is 4.91. The fourth-order valence-electron chi connectivity index (χ4n) is 2.37. The van der Waals surface area contributed by atoms with Crippen molar-refractivity contribution in [2.75, 3.05) is 21.0 Å². The van der Waals surface area contributed by atoms with E-state index in [1.165, 1.54) is 0 Å². The number of aromatic nitrogens is 3. The van der Waals surface area contributed by atoms with Crippen LogP contribution in [0.5, 0.6) is 11.5 Å². The maximum Gasteiger partial charge on any atom is 0.188 e. The van der Waals surface area contributed by atoms with Crippen molar-refractivity contribution in [1.82, 2.24) is 14.8 Å². The van der Waals surface area contributed by atoms with Gasteiger partial charge in [-0.2, -0.15) is 5.10 Å². The van der Waals surface area contributed by atoms with Gasteiger partial charge in [0.25, 0.3) is 0 Å². The van der Waals surface area contributed by atoms with E-state index in [0.29, 0.717) is 16.7 Å². The summed E-state index contributed by atoms with van der Waals surface area (Å²) in [7, 11) is 3.17. The van der Waals surface area contributed by atoms with Gasteiger partial charge in [0.15, 0.2) is 6.79 Å². The van der Waals surface area contributed by atoms with Crippen LogP contribution in [-0.2, 0) is 4.74 Å². The van der Waals surface area contributed by atoms with Crippen molar-refractivity contribution < 1.29 is 14.2 Å². The zero-order valence-corrected chi connectivity index (χ0v) is 13.8. The molecule has 2 aromatic heterocycles. The van der Waals surface area contributed by atoms with E-state index < -0.39 is 0 Å². The van der Waals surface area contributed by atoms with E-state index in [4.69, 9.17) is 25.8 Å². The molecule has 0 aliphatic carbocycles. The minimum absolute atomic E-state index is 0.174. The number of fused-ring (bicyclic) bond motifs is 1. The number of benzene rings is 1. The zero-order chi connectivity index (χ0) is 16.4. The van der Waals surface area contributed by atoms with Crippen molar-refractivity contribution in [3.8, 4) is 17.2 Å². The van der Waals surface area contributed by atoms with Gasteiger partial charge in [-0.25, -0.2) is 9.67 Å². The SMILES string of the molecule is COCOc1ccc(-n2nc(C)c3cnc(Cl)cc32)c(OC)c1. The van der Waals surface area contributed by atoms with E-state index in [1.54, 1.807) is 37.2 Å². The van der Waals surface area contributed by atoms with Crippen LogP contribution in [0, 0.1) is 6.92 Å². The van der Waals surface area contributed by atoms with Gasteiger partial charge in [0.2, 0.25) is 0 Å². The molecule has 0 amide bonds. The van der Waals surface area contributed by atoms with Gasteiger partial charge in [-0.05, 0) is 19.1 Å². The molecule has 0 saturated carbocycles. The lowest BCUT2D eigenvalue weighted by Gasteiger charge is -2.12. The maximum absolute atomic E-state index is 6.03. The molecule has 0 fully saturated rings. The Kier molecular flexibility index (Phi) is 4.36. The van der Waals surface area contributed by atoms with Crippen molar-refractivity contribution in [3.63, 3.8) is 0 Å². The molecule has 7 heteroatoms. The van der Waals surface area contributed by atoms with Crippen LogP contribution >= 0.6 is 11.6 Å². The van der Waals surface area contributed by atoms with E-state index in [0.717, 1.165) is 22.3 Å². The summed E-state index contributed by atoms with van der Waals surface area (Å²) in [5, 5.41) is 5.93. The smallest absolute Gasteiger partial charge is 0.188 e. The number of pyridine rings is 1. The number of aryl methyl sites for hydroxylation is 1. The molecular formula is C16H16ClN3O3. The van der Waals surface area contributed by atoms with Gasteiger partial charge in [0, 0.05) is 30.8 Å². The van der Waals surface area contributed by atoms with Crippen molar-refractivity contribution in [2.45, 2.75) is 6.92 Å². The molecule has 3 aromatic rings. The molecule has 0 radical (unpaired) electrons. The summed E-state index contributed by atoms with van der Waals surface area (Å²) in [6.45, 7) is 2.10. The summed E-state index contributed by atoms with van der Waals surface area (Å²) in [6, 6.07) is 7.29. The largest absolute Gasteiger partial charge is 0.494 e. The topological polar surface area (TPSA) is 58.4 Å². The number of halogens is 1. The third kappa shape index (κ3) is 2.95. The summed E-state index contributed by atoms with van der Waals surface area (Å²) in [5.41, 5.74) is 2.52. The van der Waals surface area contributed by atoms with Crippen molar-refractivity contribution in [1.29, 1.82) is 0 Å². The molecule has 0 N–H and O–H groups in total. The first-order chi connectivity index (χ1) is 11.1. The van der Waals surface area contributed by atoms with Crippen molar-refractivity contribution in [3.05, 3.63) is 41.3 Å². The first-order valence-electron chi connectivity index (χ1n) is 6.95. The second kappa shape index (κ2) is 6.44. The number of methoxy groups -OCH3 is 2. The highest BCUT2D eigenvalue weighted by Crippen LogP contribution is 2.31. The van der Waals surface area contributed by atoms with Crippen LogP contribution in [0.15, 0.2) is 30.5 Å². The highest BCUT2D eigenvalue weighted by molar-refractivity contribution is 6.30. The molecule has 0 spiro atoms. The van der Waals surface area contributed by atoms with E-state index in [9.17, 15) is 0 Å². The summed E-state index contributed by atoms with van der Waals surface area (Å²) >= 11 is 6.03. The molecule has 0 bridgehead atoms. The Morgan fingerprint density at radius 3 is 2.78 bits per heavy atom. The Morgan fingerprint density at radius 2 is 2.04 bits per heavy atom. The average Bonchev–Trinajstić information content (AvgIpc) is 2.88. The monoisotopic (exact) mass is 333 g/mol. The lowest BCUT2D eigenvalue weighted by atomic mass is 10.2. The van der Waals surface area contributed by atoms with Crippen LogP contribution in [0.2, 0.25) is 5.15 Å². The third-order valence-electron chi connectivity index (χ3n) is 3.44. The Morgan fingerprint density at radius 1 is 1.22 bits per heavy atom. The van der Waals surface area contributed by atoms with Gasteiger partial charge in [-0.3, -0.25) is 0 Å². The number of nitrogens with zero attached hydrogens (tertiary/aromatic N) is 3. The fourth-order valence-corrected chi connectivity index (χ4v) is 2.52. The second-order valence-corrected chi connectivity index (χ2v) is 5.29. The van der Waals surface area contributed by atoms with E-state index >= 15 is 0 Å². The Bertz CT molecular complexity index is 848. The van der Waals surface area contributed by atoms with E-state index in [1.807, 2.05) is 19.1 Å². The van der Waals surface area contributed by atoms with Gasteiger partial charge in [-0.1, -0.05) is 11.6 Å². The molecule has 23 heavy (non-hydrogen) atoms. The zero-order valence-electron chi connectivity index (χ0n) is 13.0. The van der Waals surface area contributed by atoms with E-state index in [-0.39, 0.29) is 6.79 Å². The normalized spacial score (nSPS) is 11.0. The average molecular weight is 334 g/mol. The predicted octanol–water partition coefficient (Wildman–Crippen LogP) is 3.37. The minimum Gasteiger partial charge on any atom is -0.494 e. The molecule has 0 unspecified atom stereocenters. The third-order valence-corrected chi connectivity index (χ3v) is 3.65. The van der Waals surface area contributed by atoms with Gasteiger partial charge in [0.05, 0.1) is 18.3 Å². The van der Waals surface area contributed by atoms with Crippen LogP contribution in [0.4, 0.5) is 0 Å². The highest BCUT2D eigenvalue weighted by Gasteiger charge is 2.14. The van der Waals surface area contributed by atoms with Crippen molar-refractivity contribution in [2.24, 2.45) is 0 Å². The minimum atomic E-state index is 0.174. The Balaban J connectivity index is 2.13.